The van der Waals surface area contributed by atoms with Gasteiger partial charge in [-0.25, -0.2) is 4.68 Å². The van der Waals surface area contributed by atoms with Crippen LogP contribution in [0.4, 0.5) is 5.69 Å². The van der Waals surface area contributed by atoms with Gasteiger partial charge in [0.05, 0.1) is 5.75 Å². The second-order valence-electron chi connectivity index (χ2n) is 4.86. The van der Waals surface area contributed by atoms with Gasteiger partial charge in [0.15, 0.2) is 5.82 Å². The topological polar surface area (TPSA) is 85.8 Å². The lowest BCUT2D eigenvalue weighted by molar-refractivity contribution is -0.113. The SMILES string of the molecule is CC(C)c1nnc(SCC(=O)Nc2cc(Cl)cc(Cl)c2)n1N. The first kappa shape index (κ1) is 16.9. The molecule has 3 N–H and O–H groups in total. The maximum atomic E-state index is 11.9. The second kappa shape index (κ2) is 7.21. The molecule has 1 aromatic heterocycles. The van der Waals surface area contributed by atoms with E-state index in [1.807, 2.05) is 13.8 Å². The molecule has 0 aliphatic carbocycles. The van der Waals surface area contributed by atoms with Gasteiger partial charge in [-0.05, 0) is 18.2 Å². The van der Waals surface area contributed by atoms with Gasteiger partial charge in [-0.3, -0.25) is 4.79 Å². The van der Waals surface area contributed by atoms with E-state index in [1.54, 1.807) is 18.2 Å². The Morgan fingerprint density at radius 2 is 1.95 bits per heavy atom. The van der Waals surface area contributed by atoms with Gasteiger partial charge in [-0.15, -0.1) is 10.2 Å². The van der Waals surface area contributed by atoms with Crippen LogP contribution in [-0.4, -0.2) is 26.5 Å². The van der Waals surface area contributed by atoms with Crippen molar-refractivity contribution in [2.45, 2.75) is 24.9 Å². The number of rotatable bonds is 5. The minimum Gasteiger partial charge on any atom is -0.336 e. The molecule has 1 amide bonds. The van der Waals surface area contributed by atoms with Gasteiger partial charge < -0.3 is 11.2 Å². The number of thioether (sulfide) groups is 1. The highest BCUT2D eigenvalue weighted by Gasteiger charge is 2.14. The first-order chi connectivity index (χ1) is 10.4. The van der Waals surface area contributed by atoms with Crippen LogP contribution in [-0.2, 0) is 4.79 Å². The molecule has 0 aliphatic rings. The molecule has 0 fully saturated rings. The summed E-state index contributed by atoms with van der Waals surface area (Å²) in [6.07, 6.45) is 0. The van der Waals surface area contributed by atoms with E-state index >= 15 is 0 Å². The molecule has 9 heteroatoms. The van der Waals surface area contributed by atoms with Crippen LogP contribution in [0, 0.1) is 0 Å². The van der Waals surface area contributed by atoms with Gasteiger partial charge in [0, 0.05) is 21.7 Å². The summed E-state index contributed by atoms with van der Waals surface area (Å²) >= 11 is 13.0. The van der Waals surface area contributed by atoms with E-state index in [0.29, 0.717) is 26.7 Å². The van der Waals surface area contributed by atoms with Crippen molar-refractivity contribution in [2.75, 3.05) is 16.9 Å². The quantitative estimate of drug-likeness (QED) is 0.632. The van der Waals surface area contributed by atoms with Gasteiger partial charge in [0.2, 0.25) is 11.1 Å². The lowest BCUT2D eigenvalue weighted by atomic mass is 10.2. The average molecular weight is 360 g/mol. The normalized spacial score (nSPS) is 11.0. The van der Waals surface area contributed by atoms with E-state index in [0.717, 1.165) is 0 Å². The minimum atomic E-state index is -0.211. The number of carbonyl (C=O) groups is 1. The molecule has 0 spiro atoms. The molecule has 2 aromatic rings. The summed E-state index contributed by atoms with van der Waals surface area (Å²) in [5, 5.41) is 12.1. The van der Waals surface area contributed by atoms with E-state index in [9.17, 15) is 4.79 Å². The highest BCUT2D eigenvalue weighted by atomic mass is 35.5. The van der Waals surface area contributed by atoms with E-state index in [1.165, 1.54) is 16.4 Å². The van der Waals surface area contributed by atoms with Crippen molar-refractivity contribution in [2.24, 2.45) is 0 Å². The number of benzene rings is 1. The number of amides is 1. The number of anilines is 1. The molecule has 0 unspecified atom stereocenters. The minimum absolute atomic E-state index is 0.150. The first-order valence-electron chi connectivity index (χ1n) is 6.46. The van der Waals surface area contributed by atoms with Crippen LogP contribution in [0.25, 0.3) is 0 Å². The maximum absolute atomic E-state index is 11.9. The van der Waals surface area contributed by atoms with Crippen LogP contribution in [0.15, 0.2) is 23.4 Å². The number of nitrogens with two attached hydrogens (primary N) is 1. The molecule has 0 saturated carbocycles. The number of carbonyl (C=O) groups excluding carboxylic acids is 1. The Bertz CT molecular complexity index is 669. The summed E-state index contributed by atoms with van der Waals surface area (Å²) in [7, 11) is 0. The van der Waals surface area contributed by atoms with Crippen LogP contribution >= 0.6 is 35.0 Å². The predicted molar refractivity (Wildman–Crippen MR) is 90.1 cm³/mol. The zero-order chi connectivity index (χ0) is 16.3. The molecular weight excluding hydrogens is 345 g/mol. The lowest BCUT2D eigenvalue weighted by Gasteiger charge is -2.07. The van der Waals surface area contributed by atoms with Gasteiger partial charge >= 0.3 is 0 Å². The van der Waals surface area contributed by atoms with Crippen LogP contribution < -0.4 is 11.2 Å². The molecular formula is C13H15Cl2N5OS. The maximum Gasteiger partial charge on any atom is 0.234 e. The number of aromatic nitrogens is 3. The standard InChI is InChI=1S/C13H15Cl2N5OS/c1-7(2)12-18-19-13(20(12)16)22-6-11(21)17-10-4-8(14)3-9(15)5-10/h3-5,7H,6,16H2,1-2H3,(H,17,21). The fourth-order valence-corrected chi connectivity index (χ4v) is 2.92. The number of nitrogen functional groups attached to an aromatic ring is 1. The van der Waals surface area contributed by atoms with Crippen molar-refractivity contribution in [3.05, 3.63) is 34.1 Å². The van der Waals surface area contributed by atoms with Crippen LogP contribution in [0.5, 0.6) is 0 Å². The van der Waals surface area contributed by atoms with Crippen LogP contribution in [0.2, 0.25) is 10.0 Å². The number of halogens is 2. The van der Waals surface area contributed by atoms with Crippen LogP contribution in [0.3, 0.4) is 0 Å². The Kier molecular flexibility index (Phi) is 5.55. The molecule has 1 heterocycles. The summed E-state index contributed by atoms with van der Waals surface area (Å²) in [6.45, 7) is 3.94. The van der Waals surface area contributed by atoms with E-state index in [2.05, 4.69) is 15.5 Å². The van der Waals surface area contributed by atoms with Crippen molar-refractivity contribution in [1.29, 1.82) is 0 Å². The molecule has 118 valence electrons. The predicted octanol–water partition coefficient (Wildman–Crippen LogP) is 3.15. The Labute approximate surface area is 142 Å². The zero-order valence-electron chi connectivity index (χ0n) is 12.0. The first-order valence-corrected chi connectivity index (χ1v) is 8.20. The largest absolute Gasteiger partial charge is 0.336 e. The summed E-state index contributed by atoms with van der Waals surface area (Å²) in [5.74, 6) is 6.66. The molecule has 0 saturated heterocycles. The summed E-state index contributed by atoms with van der Waals surface area (Å²) in [5.41, 5.74) is 0.542. The van der Waals surface area contributed by atoms with E-state index < -0.39 is 0 Å². The molecule has 1 aromatic carbocycles. The second-order valence-corrected chi connectivity index (χ2v) is 6.68. The van der Waals surface area contributed by atoms with Crippen molar-refractivity contribution < 1.29 is 4.79 Å². The summed E-state index contributed by atoms with van der Waals surface area (Å²) < 4.78 is 1.40. The van der Waals surface area contributed by atoms with Crippen LogP contribution in [0.1, 0.15) is 25.6 Å². The summed E-state index contributed by atoms with van der Waals surface area (Å²) in [6, 6.07) is 4.84. The highest BCUT2D eigenvalue weighted by molar-refractivity contribution is 7.99. The van der Waals surface area contributed by atoms with E-state index in [4.69, 9.17) is 29.0 Å². The van der Waals surface area contributed by atoms with Gasteiger partial charge in [-0.1, -0.05) is 48.8 Å². The van der Waals surface area contributed by atoms with Crippen molar-refractivity contribution in [1.82, 2.24) is 14.9 Å². The zero-order valence-corrected chi connectivity index (χ0v) is 14.3. The third-order valence-corrected chi connectivity index (χ3v) is 4.07. The number of nitrogens with one attached hydrogen (secondary N) is 1. The fraction of sp³-hybridized carbons (Fsp3) is 0.308. The highest BCUT2D eigenvalue weighted by Crippen LogP contribution is 2.23. The molecule has 2 rings (SSSR count). The third kappa shape index (κ3) is 4.28. The fourth-order valence-electron chi connectivity index (χ4n) is 1.73. The van der Waals surface area contributed by atoms with Crippen molar-refractivity contribution >= 4 is 46.6 Å². The summed E-state index contributed by atoms with van der Waals surface area (Å²) in [4.78, 5) is 11.9. The van der Waals surface area contributed by atoms with E-state index in [-0.39, 0.29) is 17.6 Å². The molecule has 22 heavy (non-hydrogen) atoms. The van der Waals surface area contributed by atoms with Gasteiger partial charge in [0.1, 0.15) is 0 Å². The van der Waals surface area contributed by atoms with Crippen molar-refractivity contribution in [3.63, 3.8) is 0 Å². The van der Waals surface area contributed by atoms with Crippen molar-refractivity contribution in [3.8, 4) is 0 Å². The smallest absolute Gasteiger partial charge is 0.234 e. The Morgan fingerprint density at radius 3 is 2.50 bits per heavy atom. The average Bonchev–Trinajstić information content (AvgIpc) is 2.76. The Hall–Kier alpha value is -1.44. The number of hydrogen-bond acceptors (Lipinski definition) is 5. The Morgan fingerprint density at radius 1 is 1.32 bits per heavy atom. The third-order valence-electron chi connectivity index (χ3n) is 2.69. The monoisotopic (exact) mass is 359 g/mol. The van der Waals surface area contributed by atoms with Gasteiger partial charge in [-0.2, -0.15) is 0 Å². The Balaban J connectivity index is 1.95. The van der Waals surface area contributed by atoms with Gasteiger partial charge in [0.25, 0.3) is 0 Å². The lowest BCUT2D eigenvalue weighted by Crippen LogP contribution is -2.17. The molecule has 0 radical (unpaired) electrons. The molecule has 0 atom stereocenters. The molecule has 0 bridgehead atoms. The molecule has 0 aliphatic heterocycles. The number of nitrogens with zero attached hydrogens (tertiary/aromatic N) is 3. The number of hydrogen-bond donors (Lipinski definition) is 2. The molecule has 6 nitrogen and oxygen atoms in total.